The minimum Gasteiger partial charge on any atom is -0.393 e. The molecule has 7 heteroatoms. The van der Waals surface area contributed by atoms with Gasteiger partial charge in [0.1, 0.15) is 5.69 Å². The number of nitrogens with zero attached hydrogens (tertiary/aromatic N) is 3. The normalized spacial score (nSPS) is 12.4. The summed E-state index contributed by atoms with van der Waals surface area (Å²) in [6, 6.07) is 0. The fourth-order valence-electron chi connectivity index (χ4n) is 1.11. The fourth-order valence-corrected chi connectivity index (χ4v) is 1.11. The summed E-state index contributed by atoms with van der Waals surface area (Å²) in [5, 5.41) is 19.4. The molecule has 4 N–H and O–H groups in total. The van der Waals surface area contributed by atoms with Crippen LogP contribution in [0.3, 0.4) is 0 Å². The van der Waals surface area contributed by atoms with E-state index in [0.29, 0.717) is 25.2 Å². The summed E-state index contributed by atoms with van der Waals surface area (Å²) in [5.41, 5.74) is 5.81. The molecule has 0 aliphatic carbocycles. The molecule has 1 heterocycles. The molecule has 0 fully saturated rings. The highest BCUT2D eigenvalue weighted by atomic mass is 16.3. The summed E-state index contributed by atoms with van der Waals surface area (Å²) in [7, 11) is 0. The molecule has 0 radical (unpaired) electrons. The molecule has 0 spiro atoms. The van der Waals surface area contributed by atoms with Crippen molar-refractivity contribution in [3.8, 4) is 0 Å². The van der Waals surface area contributed by atoms with Crippen molar-refractivity contribution in [2.24, 2.45) is 5.73 Å². The zero-order valence-corrected chi connectivity index (χ0v) is 9.26. The Balaban J connectivity index is 2.36. The Morgan fingerprint density at radius 2 is 2.50 bits per heavy atom. The highest BCUT2D eigenvalue weighted by Crippen LogP contribution is 1.97. The van der Waals surface area contributed by atoms with Gasteiger partial charge in [-0.25, -0.2) is 0 Å². The number of hydrogen-bond donors (Lipinski definition) is 3. The van der Waals surface area contributed by atoms with Crippen LogP contribution in [0.1, 0.15) is 19.0 Å². The van der Waals surface area contributed by atoms with Crippen LogP contribution in [0.15, 0.2) is 6.20 Å². The van der Waals surface area contributed by atoms with Gasteiger partial charge in [-0.15, -0.1) is 5.10 Å². The molecule has 7 nitrogen and oxygen atoms in total. The molecule has 1 aromatic heterocycles. The van der Waals surface area contributed by atoms with Crippen LogP contribution >= 0.6 is 0 Å². The van der Waals surface area contributed by atoms with Crippen molar-refractivity contribution in [2.75, 3.05) is 6.54 Å². The van der Waals surface area contributed by atoms with Gasteiger partial charge in [0.05, 0.1) is 25.4 Å². The van der Waals surface area contributed by atoms with Crippen molar-refractivity contribution in [1.29, 1.82) is 0 Å². The summed E-state index contributed by atoms with van der Waals surface area (Å²) < 4.78 is 1.64. The maximum atomic E-state index is 10.9. The zero-order chi connectivity index (χ0) is 12.0. The summed E-state index contributed by atoms with van der Waals surface area (Å²) >= 11 is 0. The van der Waals surface area contributed by atoms with E-state index in [2.05, 4.69) is 15.6 Å². The minimum absolute atomic E-state index is 0.0316. The zero-order valence-electron chi connectivity index (χ0n) is 9.26. The highest BCUT2D eigenvalue weighted by Gasteiger charge is 2.03. The van der Waals surface area contributed by atoms with Gasteiger partial charge in [-0.2, -0.15) is 0 Å². The van der Waals surface area contributed by atoms with E-state index in [-0.39, 0.29) is 18.6 Å². The Kier molecular flexibility index (Phi) is 4.87. The molecule has 1 rings (SSSR count). The van der Waals surface area contributed by atoms with Gasteiger partial charge in [0.25, 0.3) is 0 Å². The smallest absolute Gasteiger partial charge is 0.234 e. The number of nitrogens with one attached hydrogen (secondary N) is 1. The Hall–Kier alpha value is -1.47. The summed E-state index contributed by atoms with van der Waals surface area (Å²) in [4.78, 5) is 10.9. The largest absolute Gasteiger partial charge is 0.393 e. The maximum absolute atomic E-state index is 10.9. The quantitative estimate of drug-likeness (QED) is 0.555. The van der Waals surface area contributed by atoms with Gasteiger partial charge < -0.3 is 16.2 Å². The number of rotatable bonds is 6. The predicted octanol–water partition coefficient (Wildman–Crippen LogP) is -1.38. The lowest BCUT2D eigenvalue weighted by atomic mass is 10.3. The van der Waals surface area contributed by atoms with Crippen LogP contribution in [0, 0.1) is 0 Å². The van der Waals surface area contributed by atoms with Crippen LogP contribution in [-0.2, 0) is 17.9 Å². The third-order valence-corrected chi connectivity index (χ3v) is 2.01. The third-order valence-electron chi connectivity index (χ3n) is 2.01. The number of aromatic nitrogens is 3. The first kappa shape index (κ1) is 12.6. The van der Waals surface area contributed by atoms with Crippen molar-refractivity contribution in [2.45, 2.75) is 32.5 Å². The number of aliphatic hydroxyl groups excluding tert-OH is 1. The number of nitrogens with two attached hydrogens (primary N) is 1. The fraction of sp³-hybridized carbons (Fsp3) is 0.667. The minimum atomic E-state index is -0.357. The lowest BCUT2D eigenvalue weighted by molar-refractivity contribution is -0.119. The number of amides is 1. The van der Waals surface area contributed by atoms with Gasteiger partial charge in [-0.05, 0) is 13.3 Å². The van der Waals surface area contributed by atoms with Crippen LogP contribution in [0.5, 0.6) is 0 Å². The SMILES string of the molecule is CC(O)CCn1cc(CNC(=O)CN)nn1. The number of carbonyl (C=O) groups is 1. The molecule has 0 bridgehead atoms. The van der Waals surface area contributed by atoms with E-state index >= 15 is 0 Å². The average Bonchev–Trinajstić information content (AvgIpc) is 2.71. The highest BCUT2D eigenvalue weighted by molar-refractivity contribution is 5.77. The second-order valence-electron chi connectivity index (χ2n) is 3.59. The summed E-state index contributed by atoms with van der Waals surface area (Å²) in [6.45, 7) is 2.62. The first-order valence-electron chi connectivity index (χ1n) is 5.15. The number of carbonyl (C=O) groups excluding carboxylic acids is 1. The molecule has 0 saturated heterocycles. The molecular weight excluding hydrogens is 210 g/mol. The molecule has 16 heavy (non-hydrogen) atoms. The van der Waals surface area contributed by atoms with Crippen molar-refractivity contribution < 1.29 is 9.90 Å². The first-order chi connectivity index (χ1) is 7.61. The molecule has 0 aliphatic rings. The molecule has 0 aliphatic heterocycles. The van der Waals surface area contributed by atoms with E-state index in [1.807, 2.05) is 0 Å². The monoisotopic (exact) mass is 227 g/mol. The van der Waals surface area contributed by atoms with Crippen molar-refractivity contribution in [1.82, 2.24) is 20.3 Å². The van der Waals surface area contributed by atoms with Gasteiger partial charge in [0, 0.05) is 6.54 Å². The van der Waals surface area contributed by atoms with E-state index in [9.17, 15) is 4.79 Å². The Labute approximate surface area is 93.6 Å². The predicted molar refractivity (Wildman–Crippen MR) is 57.2 cm³/mol. The Morgan fingerprint density at radius 1 is 1.75 bits per heavy atom. The van der Waals surface area contributed by atoms with Crippen LogP contribution in [0.4, 0.5) is 0 Å². The van der Waals surface area contributed by atoms with Crippen LogP contribution in [0.2, 0.25) is 0 Å². The molecule has 90 valence electrons. The Morgan fingerprint density at radius 3 is 3.12 bits per heavy atom. The van der Waals surface area contributed by atoms with Crippen LogP contribution in [0.25, 0.3) is 0 Å². The van der Waals surface area contributed by atoms with E-state index in [1.54, 1.807) is 17.8 Å². The first-order valence-corrected chi connectivity index (χ1v) is 5.15. The van der Waals surface area contributed by atoms with Gasteiger partial charge in [-0.3, -0.25) is 9.48 Å². The molecule has 1 unspecified atom stereocenters. The maximum Gasteiger partial charge on any atom is 0.234 e. The van der Waals surface area contributed by atoms with E-state index in [1.165, 1.54) is 0 Å². The summed E-state index contributed by atoms with van der Waals surface area (Å²) in [5.74, 6) is -0.224. The second-order valence-corrected chi connectivity index (χ2v) is 3.59. The summed E-state index contributed by atoms with van der Waals surface area (Å²) in [6.07, 6.45) is 2.00. The molecule has 0 saturated carbocycles. The van der Waals surface area contributed by atoms with E-state index in [0.717, 1.165) is 0 Å². The number of aliphatic hydroxyl groups is 1. The van der Waals surface area contributed by atoms with Gasteiger partial charge in [0.2, 0.25) is 5.91 Å². The van der Waals surface area contributed by atoms with E-state index < -0.39 is 0 Å². The standard InChI is InChI=1S/C9H17N5O2/c1-7(15)2-3-14-6-8(12-13-14)5-11-9(16)4-10/h6-7,15H,2-5,10H2,1H3,(H,11,16). The average molecular weight is 227 g/mol. The van der Waals surface area contributed by atoms with Gasteiger partial charge >= 0.3 is 0 Å². The topological polar surface area (TPSA) is 106 Å². The molecule has 1 amide bonds. The van der Waals surface area contributed by atoms with Gasteiger partial charge in [-0.1, -0.05) is 5.21 Å². The van der Waals surface area contributed by atoms with E-state index in [4.69, 9.17) is 10.8 Å². The molecule has 1 aromatic rings. The van der Waals surface area contributed by atoms with Crippen LogP contribution in [-0.4, -0.2) is 38.7 Å². The molecular formula is C9H17N5O2. The second kappa shape index (κ2) is 6.19. The lowest BCUT2D eigenvalue weighted by Crippen LogP contribution is -2.29. The molecule has 1 atom stereocenters. The van der Waals surface area contributed by atoms with Crippen molar-refractivity contribution >= 4 is 5.91 Å². The lowest BCUT2D eigenvalue weighted by Gasteiger charge is -2.02. The number of hydrogen-bond acceptors (Lipinski definition) is 5. The number of aryl methyl sites for hydroxylation is 1. The van der Waals surface area contributed by atoms with Gasteiger partial charge in [0.15, 0.2) is 0 Å². The van der Waals surface area contributed by atoms with Crippen molar-refractivity contribution in [3.63, 3.8) is 0 Å². The third kappa shape index (κ3) is 4.37. The molecule has 0 aromatic carbocycles. The Bertz CT molecular complexity index is 336. The van der Waals surface area contributed by atoms with Crippen LogP contribution < -0.4 is 11.1 Å². The van der Waals surface area contributed by atoms with Crippen molar-refractivity contribution in [3.05, 3.63) is 11.9 Å².